The van der Waals surface area contributed by atoms with Crippen LogP contribution in [0.3, 0.4) is 0 Å². The van der Waals surface area contributed by atoms with Crippen LogP contribution in [0.1, 0.15) is 49.1 Å². The van der Waals surface area contributed by atoms with Crippen LogP contribution in [0.15, 0.2) is 42.5 Å². The maximum Gasteiger partial charge on any atom is 0.119 e. The van der Waals surface area contributed by atoms with E-state index < -0.39 is 6.10 Å². The molecule has 0 spiro atoms. The molecule has 0 heterocycles. The molecule has 0 bridgehead atoms. The fourth-order valence-electron chi connectivity index (χ4n) is 2.53. The Balaban J connectivity index is 2.31. The molecule has 2 rings (SSSR count). The Morgan fingerprint density at radius 2 is 1.67 bits per heavy atom. The lowest BCUT2D eigenvalue weighted by molar-refractivity contribution is 0.219. The molecule has 0 fully saturated rings. The summed E-state index contributed by atoms with van der Waals surface area (Å²) in [5.41, 5.74) is 4.38. The van der Waals surface area contributed by atoms with Gasteiger partial charge in [0.15, 0.2) is 0 Å². The number of aryl methyl sites for hydroxylation is 2. The van der Waals surface area contributed by atoms with Crippen molar-refractivity contribution in [2.75, 3.05) is 6.61 Å². The third-order valence-electron chi connectivity index (χ3n) is 3.80. The van der Waals surface area contributed by atoms with Gasteiger partial charge in [-0.3, -0.25) is 0 Å². The van der Waals surface area contributed by atoms with Crippen molar-refractivity contribution in [1.29, 1.82) is 0 Å². The number of rotatable bonds is 6. The first-order valence-electron chi connectivity index (χ1n) is 7.72. The van der Waals surface area contributed by atoms with Gasteiger partial charge in [0.25, 0.3) is 0 Å². The van der Waals surface area contributed by atoms with E-state index in [1.165, 1.54) is 11.1 Å². The lowest BCUT2D eigenvalue weighted by Crippen LogP contribution is -2.04. The van der Waals surface area contributed by atoms with Crippen molar-refractivity contribution in [3.8, 4) is 5.75 Å². The van der Waals surface area contributed by atoms with E-state index in [2.05, 4.69) is 32.0 Å². The fraction of sp³-hybridized carbons (Fsp3) is 0.368. The summed E-state index contributed by atoms with van der Waals surface area (Å²) >= 11 is 0. The molecular weight excluding hydrogens is 260 g/mol. The molecule has 1 N–H and O–H groups in total. The van der Waals surface area contributed by atoms with Crippen LogP contribution in [0, 0.1) is 0 Å². The molecule has 2 aromatic carbocycles. The van der Waals surface area contributed by atoms with E-state index in [9.17, 15) is 5.11 Å². The SMILES string of the molecule is CCOc1ccc(C(O)c2cc(CC)ccc2CC)cc1. The van der Waals surface area contributed by atoms with Gasteiger partial charge in [0.1, 0.15) is 11.9 Å². The Hall–Kier alpha value is -1.80. The van der Waals surface area contributed by atoms with Crippen LogP contribution in [0.25, 0.3) is 0 Å². The van der Waals surface area contributed by atoms with Crippen LogP contribution in [0.4, 0.5) is 0 Å². The highest BCUT2D eigenvalue weighted by molar-refractivity contribution is 5.40. The molecule has 21 heavy (non-hydrogen) atoms. The zero-order valence-electron chi connectivity index (χ0n) is 13.1. The van der Waals surface area contributed by atoms with Crippen molar-refractivity contribution in [3.63, 3.8) is 0 Å². The van der Waals surface area contributed by atoms with E-state index in [1.807, 2.05) is 31.2 Å². The highest BCUT2D eigenvalue weighted by Gasteiger charge is 2.14. The van der Waals surface area contributed by atoms with Crippen molar-refractivity contribution in [2.45, 2.75) is 39.7 Å². The zero-order valence-corrected chi connectivity index (χ0v) is 13.1. The van der Waals surface area contributed by atoms with Gasteiger partial charge in [0.2, 0.25) is 0 Å². The molecule has 1 atom stereocenters. The average Bonchev–Trinajstić information content (AvgIpc) is 2.54. The van der Waals surface area contributed by atoms with Crippen LogP contribution >= 0.6 is 0 Å². The van der Waals surface area contributed by atoms with Crippen LogP contribution in [0.2, 0.25) is 0 Å². The minimum absolute atomic E-state index is 0.581. The number of aliphatic hydroxyl groups is 1. The molecule has 0 saturated carbocycles. The van der Waals surface area contributed by atoms with Crippen molar-refractivity contribution in [1.82, 2.24) is 0 Å². The van der Waals surface area contributed by atoms with Crippen LogP contribution < -0.4 is 4.74 Å². The van der Waals surface area contributed by atoms with Gasteiger partial charge in [-0.05, 0) is 54.2 Å². The summed E-state index contributed by atoms with van der Waals surface area (Å²) in [5.74, 6) is 0.839. The fourth-order valence-corrected chi connectivity index (χ4v) is 2.53. The normalized spacial score (nSPS) is 12.2. The predicted octanol–water partition coefficient (Wildman–Crippen LogP) is 4.29. The monoisotopic (exact) mass is 284 g/mol. The molecule has 1 unspecified atom stereocenters. The van der Waals surface area contributed by atoms with Gasteiger partial charge >= 0.3 is 0 Å². The Morgan fingerprint density at radius 1 is 0.952 bits per heavy atom. The first kappa shape index (κ1) is 15.6. The molecular formula is C19H24O2. The molecule has 2 nitrogen and oxygen atoms in total. The van der Waals surface area contributed by atoms with Crippen molar-refractivity contribution >= 4 is 0 Å². The lowest BCUT2D eigenvalue weighted by atomic mass is 9.93. The number of hydrogen-bond donors (Lipinski definition) is 1. The van der Waals surface area contributed by atoms with Crippen LogP contribution in [0.5, 0.6) is 5.75 Å². The molecule has 2 aromatic rings. The second kappa shape index (κ2) is 7.28. The molecule has 0 aliphatic carbocycles. The molecule has 0 saturated heterocycles. The quantitative estimate of drug-likeness (QED) is 0.857. The summed E-state index contributed by atoms with van der Waals surface area (Å²) in [5, 5.41) is 10.7. The van der Waals surface area contributed by atoms with Gasteiger partial charge in [-0.1, -0.05) is 44.2 Å². The summed E-state index contributed by atoms with van der Waals surface area (Å²) in [4.78, 5) is 0. The van der Waals surface area contributed by atoms with Gasteiger partial charge < -0.3 is 9.84 Å². The van der Waals surface area contributed by atoms with E-state index in [1.54, 1.807) is 0 Å². The largest absolute Gasteiger partial charge is 0.494 e. The summed E-state index contributed by atoms with van der Waals surface area (Å²) < 4.78 is 5.45. The Labute approximate surface area is 127 Å². The van der Waals surface area contributed by atoms with Gasteiger partial charge in [0, 0.05) is 0 Å². The summed E-state index contributed by atoms with van der Waals surface area (Å²) in [7, 11) is 0. The number of ether oxygens (including phenoxy) is 1. The molecule has 0 aliphatic rings. The molecule has 0 aromatic heterocycles. The minimum Gasteiger partial charge on any atom is -0.494 e. The lowest BCUT2D eigenvalue weighted by Gasteiger charge is -2.17. The van der Waals surface area contributed by atoms with Gasteiger partial charge in [0.05, 0.1) is 6.61 Å². The summed E-state index contributed by atoms with van der Waals surface area (Å²) in [6.07, 6.45) is 1.32. The average molecular weight is 284 g/mol. The summed E-state index contributed by atoms with van der Waals surface area (Å²) in [6, 6.07) is 14.1. The molecule has 0 amide bonds. The van der Waals surface area contributed by atoms with Crippen molar-refractivity contribution in [2.24, 2.45) is 0 Å². The van der Waals surface area contributed by atoms with E-state index in [0.29, 0.717) is 6.61 Å². The molecule has 2 heteroatoms. The third kappa shape index (κ3) is 3.64. The van der Waals surface area contributed by atoms with E-state index in [0.717, 1.165) is 29.7 Å². The van der Waals surface area contributed by atoms with Crippen LogP contribution in [-0.4, -0.2) is 11.7 Å². The van der Waals surface area contributed by atoms with Gasteiger partial charge in [-0.2, -0.15) is 0 Å². The van der Waals surface area contributed by atoms with Crippen molar-refractivity contribution in [3.05, 3.63) is 64.7 Å². The second-order valence-corrected chi connectivity index (χ2v) is 5.14. The van der Waals surface area contributed by atoms with E-state index in [4.69, 9.17) is 4.74 Å². The Kier molecular flexibility index (Phi) is 5.40. The maximum atomic E-state index is 10.7. The molecule has 0 aliphatic heterocycles. The second-order valence-electron chi connectivity index (χ2n) is 5.14. The van der Waals surface area contributed by atoms with E-state index >= 15 is 0 Å². The molecule has 112 valence electrons. The number of benzene rings is 2. The number of aliphatic hydroxyl groups excluding tert-OH is 1. The zero-order chi connectivity index (χ0) is 15.2. The maximum absolute atomic E-state index is 10.7. The topological polar surface area (TPSA) is 29.5 Å². The first-order valence-corrected chi connectivity index (χ1v) is 7.72. The predicted molar refractivity (Wildman–Crippen MR) is 86.9 cm³/mol. The first-order chi connectivity index (χ1) is 10.2. The summed E-state index contributed by atoms with van der Waals surface area (Å²) in [6.45, 7) is 6.87. The van der Waals surface area contributed by atoms with Gasteiger partial charge in [-0.25, -0.2) is 0 Å². The van der Waals surface area contributed by atoms with Gasteiger partial charge in [-0.15, -0.1) is 0 Å². The smallest absolute Gasteiger partial charge is 0.119 e. The van der Waals surface area contributed by atoms with Crippen LogP contribution in [-0.2, 0) is 12.8 Å². The highest BCUT2D eigenvalue weighted by Crippen LogP contribution is 2.28. The highest BCUT2D eigenvalue weighted by atomic mass is 16.5. The van der Waals surface area contributed by atoms with E-state index in [-0.39, 0.29) is 0 Å². The molecule has 0 radical (unpaired) electrons. The standard InChI is InChI=1S/C19H24O2/c1-4-14-7-8-15(5-2)18(13-14)19(20)16-9-11-17(12-10-16)21-6-3/h7-13,19-20H,4-6H2,1-3H3. The Morgan fingerprint density at radius 3 is 2.24 bits per heavy atom. The van der Waals surface area contributed by atoms with Crippen molar-refractivity contribution < 1.29 is 9.84 Å². The Bertz CT molecular complexity index is 573. The third-order valence-corrected chi connectivity index (χ3v) is 3.80. The minimum atomic E-state index is -0.581. The number of hydrogen-bond acceptors (Lipinski definition) is 2.